The van der Waals surface area contributed by atoms with Crippen molar-refractivity contribution in [1.82, 2.24) is 9.88 Å². The highest BCUT2D eigenvalue weighted by Crippen LogP contribution is 2.26. The zero-order chi connectivity index (χ0) is 13.4. The molecule has 2 saturated heterocycles. The minimum absolute atomic E-state index is 0.310. The predicted molar refractivity (Wildman–Crippen MR) is 73.8 cm³/mol. The average Bonchev–Trinajstić information content (AvgIpc) is 2.79. The maximum atomic E-state index is 11.7. The summed E-state index contributed by atoms with van der Waals surface area (Å²) >= 11 is 0. The first-order chi connectivity index (χ1) is 9.17. The molecule has 2 N–H and O–H groups in total. The molecule has 1 amide bonds. The van der Waals surface area contributed by atoms with Crippen LogP contribution in [0.25, 0.3) is 0 Å². The van der Waals surface area contributed by atoms with Crippen molar-refractivity contribution in [2.24, 2.45) is 5.73 Å². The molecule has 2 fully saturated rings. The van der Waals surface area contributed by atoms with Gasteiger partial charge in [0, 0.05) is 44.3 Å². The lowest BCUT2D eigenvalue weighted by Gasteiger charge is -2.38. The van der Waals surface area contributed by atoms with Gasteiger partial charge in [0.15, 0.2) is 0 Å². The molecule has 19 heavy (non-hydrogen) atoms. The predicted octanol–water partition coefficient (Wildman–Crippen LogP) is 0.660. The molecule has 2 aliphatic heterocycles. The molecule has 3 heterocycles. The number of amides is 1. The highest BCUT2D eigenvalue weighted by molar-refractivity contribution is 5.79. The summed E-state index contributed by atoms with van der Waals surface area (Å²) in [4.78, 5) is 20.6. The van der Waals surface area contributed by atoms with Crippen LogP contribution in [0.5, 0.6) is 0 Å². The second kappa shape index (κ2) is 4.81. The van der Waals surface area contributed by atoms with Crippen LogP contribution in [-0.2, 0) is 11.3 Å². The topological polar surface area (TPSA) is 62.5 Å². The Morgan fingerprint density at radius 2 is 2.26 bits per heavy atom. The van der Waals surface area contributed by atoms with E-state index in [-0.39, 0.29) is 0 Å². The van der Waals surface area contributed by atoms with Crippen molar-refractivity contribution in [2.75, 3.05) is 24.5 Å². The molecule has 0 spiro atoms. The van der Waals surface area contributed by atoms with Gasteiger partial charge in [-0.15, -0.1) is 0 Å². The van der Waals surface area contributed by atoms with E-state index >= 15 is 0 Å². The number of nitrogens with zero attached hydrogens (tertiary/aromatic N) is 3. The van der Waals surface area contributed by atoms with E-state index in [9.17, 15) is 4.79 Å². The number of aromatic nitrogens is 1. The molecular weight excluding hydrogens is 240 g/mol. The molecule has 1 atom stereocenters. The lowest BCUT2D eigenvalue weighted by molar-refractivity contribution is -0.129. The molecule has 0 bridgehead atoms. The van der Waals surface area contributed by atoms with Gasteiger partial charge in [-0.1, -0.05) is 0 Å². The van der Waals surface area contributed by atoms with E-state index in [0.29, 0.717) is 24.9 Å². The van der Waals surface area contributed by atoms with Crippen molar-refractivity contribution in [3.05, 3.63) is 23.4 Å². The summed E-state index contributed by atoms with van der Waals surface area (Å²) in [6.07, 6.45) is 1.68. The van der Waals surface area contributed by atoms with Crippen molar-refractivity contribution in [1.29, 1.82) is 0 Å². The van der Waals surface area contributed by atoms with E-state index in [4.69, 9.17) is 5.73 Å². The molecule has 0 aliphatic carbocycles. The van der Waals surface area contributed by atoms with E-state index in [1.807, 2.05) is 17.9 Å². The van der Waals surface area contributed by atoms with Crippen molar-refractivity contribution in [3.8, 4) is 0 Å². The molecule has 0 saturated carbocycles. The molecule has 0 aromatic carbocycles. The van der Waals surface area contributed by atoms with Crippen molar-refractivity contribution in [2.45, 2.75) is 32.4 Å². The monoisotopic (exact) mass is 260 g/mol. The minimum atomic E-state index is 0.310. The largest absolute Gasteiger partial charge is 0.353 e. The number of pyridine rings is 1. The van der Waals surface area contributed by atoms with E-state index in [1.54, 1.807) is 0 Å². The number of rotatable bonds is 2. The summed E-state index contributed by atoms with van der Waals surface area (Å²) in [5, 5.41) is 0. The summed E-state index contributed by atoms with van der Waals surface area (Å²) in [6.45, 7) is 5.11. The van der Waals surface area contributed by atoms with Gasteiger partial charge in [-0.2, -0.15) is 0 Å². The maximum Gasteiger partial charge on any atom is 0.223 e. The van der Waals surface area contributed by atoms with Gasteiger partial charge in [0.05, 0.1) is 0 Å². The summed E-state index contributed by atoms with van der Waals surface area (Å²) in [7, 11) is 0. The fraction of sp³-hybridized carbons (Fsp3) is 0.571. The third-order valence-corrected chi connectivity index (χ3v) is 4.05. The summed E-state index contributed by atoms with van der Waals surface area (Å²) in [6, 6.07) is 4.46. The van der Waals surface area contributed by atoms with Gasteiger partial charge in [-0.3, -0.25) is 4.79 Å². The van der Waals surface area contributed by atoms with Gasteiger partial charge < -0.3 is 15.5 Å². The Kier molecular flexibility index (Phi) is 3.14. The van der Waals surface area contributed by atoms with Crippen LogP contribution in [0.15, 0.2) is 12.1 Å². The van der Waals surface area contributed by atoms with Gasteiger partial charge in [-0.25, -0.2) is 4.98 Å². The number of nitrogens with two attached hydrogens (primary N) is 1. The third-order valence-electron chi connectivity index (χ3n) is 4.05. The molecule has 1 aromatic heterocycles. The van der Waals surface area contributed by atoms with Crippen LogP contribution in [0.1, 0.15) is 24.1 Å². The van der Waals surface area contributed by atoms with Crippen molar-refractivity contribution >= 4 is 11.7 Å². The number of piperazine rings is 1. The Bertz CT molecular complexity index is 502. The fourth-order valence-electron chi connectivity index (χ4n) is 3.07. The summed E-state index contributed by atoms with van der Waals surface area (Å²) in [5.74, 6) is 1.31. The van der Waals surface area contributed by atoms with Crippen molar-refractivity contribution in [3.63, 3.8) is 0 Å². The number of carbonyl (C=O) groups excluding carboxylic acids is 1. The van der Waals surface area contributed by atoms with Gasteiger partial charge >= 0.3 is 0 Å². The fourth-order valence-corrected chi connectivity index (χ4v) is 3.07. The van der Waals surface area contributed by atoms with E-state index in [1.165, 1.54) is 0 Å². The van der Waals surface area contributed by atoms with Gasteiger partial charge in [0.2, 0.25) is 5.91 Å². The molecule has 5 nitrogen and oxygen atoms in total. The highest BCUT2D eigenvalue weighted by Gasteiger charge is 2.35. The number of hydrogen-bond acceptors (Lipinski definition) is 4. The smallest absolute Gasteiger partial charge is 0.223 e. The first-order valence-corrected chi connectivity index (χ1v) is 6.89. The Morgan fingerprint density at radius 1 is 1.42 bits per heavy atom. The Morgan fingerprint density at radius 3 is 3.05 bits per heavy atom. The molecule has 2 aliphatic rings. The Balaban J connectivity index is 1.80. The second-order valence-electron chi connectivity index (χ2n) is 5.40. The van der Waals surface area contributed by atoms with E-state index in [2.05, 4.69) is 16.0 Å². The minimum Gasteiger partial charge on any atom is -0.353 e. The average molecular weight is 260 g/mol. The van der Waals surface area contributed by atoms with Crippen LogP contribution in [0.3, 0.4) is 0 Å². The molecule has 102 valence electrons. The number of hydrogen-bond donors (Lipinski definition) is 1. The standard InChI is InChI=1S/C14H20N4O/c1-10-6-11(8-15)7-13(16-10)17-4-5-18-12(9-17)2-3-14(18)19/h6-7,12H,2-5,8-9,15H2,1H3. The first kappa shape index (κ1) is 12.4. The number of fused-ring (bicyclic) bond motifs is 1. The molecule has 3 rings (SSSR count). The molecule has 5 heteroatoms. The van der Waals surface area contributed by atoms with Crippen LogP contribution in [-0.4, -0.2) is 41.5 Å². The van der Waals surface area contributed by atoms with Crippen LogP contribution in [0.4, 0.5) is 5.82 Å². The highest BCUT2D eigenvalue weighted by atomic mass is 16.2. The number of anilines is 1. The third kappa shape index (κ3) is 2.30. The summed E-state index contributed by atoms with van der Waals surface area (Å²) in [5.41, 5.74) is 7.84. The zero-order valence-electron chi connectivity index (χ0n) is 11.3. The number of aryl methyl sites for hydroxylation is 1. The molecule has 1 unspecified atom stereocenters. The quantitative estimate of drug-likeness (QED) is 0.848. The maximum absolute atomic E-state index is 11.7. The van der Waals surface area contributed by atoms with Crippen LogP contribution < -0.4 is 10.6 Å². The van der Waals surface area contributed by atoms with Gasteiger partial charge in [-0.05, 0) is 31.0 Å². The van der Waals surface area contributed by atoms with E-state index in [0.717, 1.165) is 43.1 Å². The van der Waals surface area contributed by atoms with E-state index < -0.39 is 0 Å². The SMILES string of the molecule is Cc1cc(CN)cc(N2CCN3C(=O)CCC3C2)n1. The Labute approximate surface area is 113 Å². The van der Waals surface area contributed by atoms with Gasteiger partial charge in [0.1, 0.15) is 5.82 Å². The van der Waals surface area contributed by atoms with Gasteiger partial charge in [0.25, 0.3) is 0 Å². The van der Waals surface area contributed by atoms with Crippen LogP contribution in [0, 0.1) is 6.92 Å². The van der Waals surface area contributed by atoms with Crippen LogP contribution in [0.2, 0.25) is 0 Å². The lowest BCUT2D eigenvalue weighted by atomic mass is 10.1. The Hall–Kier alpha value is -1.62. The first-order valence-electron chi connectivity index (χ1n) is 6.89. The lowest BCUT2D eigenvalue weighted by Crippen LogP contribution is -2.51. The number of carbonyl (C=O) groups is 1. The normalized spacial score (nSPS) is 22.8. The van der Waals surface area contributed by atoms with Crippen molar-refractivity contribution < 1.29 is 4.79 Å². The second-order valence-corrected chi connectivity index (χ2v) is 5.40. The zero-order valence-corrected chi connectivity index (χ0v) is 11.3. The summed E-state index contributed by atoms with van der Waals surface area (Å²) < 4.78 is 0. The molecule has 0 radical (unpaired) electrons. The molecule has 1 aromatic rings. The molecular formula is C14H20N4O. The van der Waals surface area contributed by atoms with Crippen LogP contribution >= 0.6 is 0 Å².